The van der Waals surface area contributed by atoms with Gasteiger partial charge >= 0.3 is 17.2 Å². The predicted octanol–water partition coefficient (Wildman–Crippen LogP) is 12.0. The molecular formula is C56H59F2N4O9S3+. The predicted molar refractivity (Wildman–Crippen MR) is 279 cm³/mol. The number of rotatable bonds is 18. The normalized spacial score (nSPS) is 12.9. The summed E-state index contributed by atoms with van der Waals surface area (Å²) in [6.07, 6.45) is -1.15. The molecule has 2 unspecified atom stereocenters. The topological polar surface area (TPSA) is 223 Å². The van der Waals surface area contributed by atoms with Crippen molar-refractivity contribution in [3.63, 3.8) is 0 Å². The van der Waals surface area contributed by atoms with Crippen molar-refractivity contribution in [3.8, 4) is 23.6 Å². The molecule has 6 aromatic rings. The van der Waals surface area contributed by atoms with E-state index in [9.17, 15) is 52.1 Å². The summed E-state index contributed by atoms with van der Waals surface area (Å²) in [5, 5.41) is 41.4. The number of aromatic hydroxyl groups is 2. The first-order valence-electron chi connectivity index (χ1n) is 23.2. The molecule has 18 heteroatoms. The van der Waals surface area contributed by atoms with Crippen LogP contribution in [0, 0.1) is 50.4 Å². The van der Waals surface area contributed by atoms with E-state index in [-0.39, 0.29) is 47.7 Å². The number of hydrogen-bond acceptors (Lipinski definition) is 13. The highest BCUT2D eigenvalue weighted by Crippen LogP contribution is 2.36. The quantitative estimate of drug-likeness (QED) is 0.0356. The van der Waals surface area contributed by atoms with E-state index in [4.69, 9.17) is 4.74 Å². The number of halogens is 2. The summed E-state index contributed by atoms with van der Waals surface area (Å²) >= 11 is 0. The summed E-state index contributed by atoms with van der Waals surface area (Å²) < 4.78 is 65.8. The molecule has 0 aliphatic rings. The molecule has 388 valence electrons. The Labute approximate surface area is 438 Å². The third-order valence-electron chi connectivity index (χ3n) is 11.0. The molecule has 0 bridgehead atoms. The summed E-state index contributed by atoms with van der Waals surface area (Å²) in [7, 11) is -6.31. The van der Waals surface area contributed by atoms with Gasteiger partial charge in [-0.25, -0.2) is 8.42 Å². The summed E-state index contributed by atoms with van der Waals surface area (Å²) in [6.45, 7) is 10.3. The molecule has 0 radical (unpaired) electrons. The molecule has 6 aromatic carbocycles. The minimum Gasteiger partial charge on any atom is -0.743 e. The molecule has 0 amide bonds. The first-order valence-corrected chi connectivity index (χ1v) is 27.0. The van der Waals surface area contributed by atoms with Crippen LogP contribution in [-0.2, 0) is 51.0 Å². The fourth-order valence-electron chi connectivity index (χ4n) is 6.82. The molecule has 0 spiro atoms. The second-order valence-electron chi connectivity index (χ2n) is 17.2. The standard InChI is InChI=1S/2C20H18OS.C16H22F2N4O7S/c2*1-15-13-19(14-16(2)20(15)21)22(17-9-5-3-6-10-17)18-11-7-4-8-12-18;1-4-28-12(23)5-7-14(2,9-19)21-22-15(3,10-20)8-6-13(24)29-11-16(17,18)30(25,26)27/h2*3-14H,1-2H3;4-8,11H2,1-3H3,(H,25,26,27)/p+1. The number of phenolic OH excluding ortho intramolecular Hbond substituents is 2. The Bertz CT molecular complexity index is 2790. The number of alkyl halides is 2. The van der Waals surface area contributed by atoms with E-state index in [1.54, 1.807) is 13.0 Å². The number of esters is 2. The Morgan fingerprint density at radius 1 is 0.581 bits per heavy atom. The summed E-state index contributed by atoms with van der Waals surface area (Å²) in [6, 6.07) is 54.2. The summed E-state index contributed by atoms with van der Waals surface area (Å²) in [5.74, 6) is -1.04. The number of ether oxygens (including phenoxy) is 2. The van der Waals surface area contributed by atoms with E-state index in [2.05, 4.69) is 136 Å². The lowest BCUT2D eigenvalue weighted by Crippen LogP contribution is -2.35. The first kappa shape index (κ1) is 59.5. The Morgan fingerprint density at radius 3 is 1.12 bits per heavy atom. The molecule has 2 N–H and O–H groups in total. The van der Waals surface area contributed by atoms with E-state index in [1.807, 2.05) is 58.0 Å². The maximum atomic E-state index is 13.0. The van der Waals surface area contributed by atoms with Crippen molar-refractivity contribution in [3.05, 3.63) is 168 Å². The van der Waals surface area contributed by atoms with Gasteiger partial charge in [-0.1, -0.05) is 72.8 Å². The van der Waals surface area contributed by atoms with Crippen LogP contribution in [0.25, 0.3) is 0 Å². The van der Waals surface area contributed by atoms with Crippen molar-refractivity contribution in [1.82, 2.24) is 0 Å². The van der Waals surface area contributed by atoms with Gasteiger partial charge in [0.1, 0.15) is 11.5 Å². The van der Waals surface area contributed by atoms with Crippen LogP contribution in [0.15, 0.2) is 185 Å². The number of nitrogens with zero attached hydrogens (tertiary/aromatic N) is 4. The molecule has 74 heavy (non-hydrogen) atoms. The monoisotopic (exact) mass is 1070 g/mol. The van der Waals surface area contributed by atoms with Gasteiger partial charge in [0.25, 0.3) is 0 Å². The van der Waals surface area contributed by atoms with Gasteiger partial charge in [-0.3, -0.25) is 9.59 Å². The number of aryl methyl sites for hydroxylation is 4. The zero-order chi connectivity index (χ0) is 54.7. The highest BCUT2D eigenvalue weighted by Gasteiger charge is 2.40. The number of phenols is 2. The van der Waals surface area contributed by atoms with Crippen molar-refractivity contribution >= 4 is 43.8 Å². The van der Waals surface area contributed by atoms with Crippen molar-refractivity contribution in [2.75, 3.05) is 13.2 Å². The number of azo groups is 1. The first-order chi connectivity index (χ1) is 35.0. The fourth-order valence-corrected chi connectivity index (χ4v) is 11.6. The Balaban J connectivity index is 0.000000244. The molecule has 13 nitrogen and oxygen atoms in total. The van der Waals surface area contributed by atoms with Crippen LogP contribution >= 0.6 is 0 Å². The lowest BCUT2D eigenvalue weighted by Gasteiger charge is -2.20. The van der Waals surface area contributed by atoms with Crippen molar-refractivity contribution in [2.45, 2.75) is 120 Å². The van der Waals surface area contributed by atoms with Gasteiger partial charge in [0.15, 0.2) is 57.2 Å². The zero-order valence-electron chi connectivity index (χ0n) is 42.1. The lowest BCUT2D eigenvalue weighted by molar-refractivity contribution is -0.150. The van der Waals surface area contributed by atoms with Crippen LogP contribution in [0.1, 0.15) is 68.7 Å². The Morgan fingerprint density at radius 2 is 0.865 bits per heavy atom. The average Bonchev–Trinajstić information content (AvgIpc) is 3.38. The average molecular weight is 1070 g/mol. The molecule has 2 atom stereocenters. The van der Waals surface area contributed by atoms with Crippen LogP contribution in [0.5, 0.6) is 11.5 Å². The molecule has 0 saturated carbocycles. The third kappa shape index (κ3) is 17.3. The Hall–Kier alpha value is -7.09. The van der Waals surface area contributed by atoms with Gasteiger partial charge in [-0.05, 0) is 132 Å². The van der Waals surface area contributed by atoms with Crippen LogP contribution in [0.3, 0.4) is 0 Å². The molecule has 6 rings (SSSR count). The van der Waals surface area contributed by atoms with Crippen LogP contribution in [-0.4, -0.2) is 64.7 Å². The van der Waals surface area contributed by atoms with E-state index in [0.717, 1.165) is 22.3 Å². The number of hydrogen-bond donors (Lipinski definition) is 2. The molecule has 0 saturated heterocycles. The molecule has 0 aromatic heterocycles. The zero-order valence-corrected chi connectivity index (χ0v) is 44.6. The van der Waals surface area contributed by atoms with E-state index < -0.39 is 51.4 Å². The van der Waals surface area contributed by atoms with Crippen LogP contribution < -0.4 is 0 Å². The van der Waals surface area contributed by atoms with Crippen molar-refractivity contribution in [1.29, 1.82) is 10.5 Å². The van der Waals surface area contributed by atoms with E-state index in [0.29, 0.717) is 11.5 Å². The highest BCUT2D eigenvalue weighted by molar-refractivity contribution is 7.97. The SMILES string of the molecule is CCOC(=O)CCC(C)(C#N)N=NC(C)(C#N)CCC(=O)OCC(F)(F)S(=O)(=O)[O-].Cc1cc([S+](c2ccccc2)c2ccccc2)cc(C)c1O.Cc1cc([S+](c2ccccc2)c2ccccc2)cc(C)c1O. The molecule has 0 heterocycles. The number of carbonyl (C=O) groups excluding carboxylic acids is 2. The molecule has 0 fully saturated rings. The van der Waals surface area contributed by atoms with Gasteiger partial charge in [0, 0.05) is 37.1 Å². The van der Waals surface area contributed by atoms with Gasteiger partial charge < -0.3 is 24.2 Å². The second kappa shape index (κ2) is 27.3. The molecular weight excluding hydrogens is 1010 g/mol. The van der Waals surface area contributed by atoms with E-state index in [1.165, 1.54) is 43.2 Å². The van der Waals surface area contributed by atoms with E-state index >= 15 is 0 Å². The van der Waals surface area contributed by atoms with Gasteiger partial charge in [-0.15, -0.1) is 0 Å². The Kier molecular flexibility index (Phi) is 21.9. The molecule has 0 aliphatic carbocycles. The highest BCUT2D eigenvalue weighted by atomic mass is 32.2. The van der Waals surface area contributed by atoms with Gasteiger partial charge in [0.2, 0.25) is 0 Å². The molecule has 0 aliphatic heterocycles. The largest absolute Gasteiger partial charge is 0.743 e. The fraction of sp³-hybridized carbons (Fsp3) is 0.286. The number of benzene rings is 6. The minimum atomic E-state index is -6.00. The number of nitriles is 2. The summed E-state index contributed by atoms with van der Waals surface area (Å²) in [4.78, 5) is 30.6. The smallest absolute Gasteiger partial charge is 0.367 e. The maximum absolute atomic E-state index is 13.0. The van der Waals surface area contributed by atoms with Crippen molar-refractivity contribution in [2.24, 2.45) is 10.2 Å². The third-order valence-corrected chi connectivity index (χ3v) is 16.2. The maximum Gasteiger partial charge on any atom is 0.367 e. The van der Waals surface area contributed by atoms with Crippen molar-refractivity contribution < 1.29 is 51.0 Å². The van der Waals surface area contributed by atoms with Gasteiger partial charge in [-0.2, -0.15) is 29.5 Å². The van der Waals surface area contributed by atoms with Crippen LogP contribution in [0.4, 0.5) is 8.78 Å². The second-order valence-corrected chi connectivity index (χ2v) is 22.8. The van der Waals surface area contributed by atoms with Crippen LogP contribution in [0.2, 0.25) is 0 Å². The summed E-state index contributed by atoms with van der Waals surface area (Å²) in [5.41, 5.74) is 0.613. The number of carbonyl (C=O) groups is 2. The van der Waals surface area contributed by atoms with Gasteiger partial charge in [0.05, 0.1) is 40.5 Å². The minimum absolute atomic E-state index is 0.0475. The lowest BCUT2D eigenvalue weighted by atomic mass is 9.97.